The van der Waals surface area contributed by atoms with Crippen LogP contribution in [0.1, 0.15) is 52.4 Å². The van der Waals surface area contributed by atoms with Crippen LogP contribution in [0.3, 0.4) is 0 Å². The average Bonchev–Trinajstić information content (AvgIpc) is 2.21. The third-order valence-electron chi connectivity index (χ3n) is 5.19. The molecule has 0 aromatic rings. The Labute approximate surface area is 99.0 Å². The fourth-order valence-electron chi connectivity index (χ4n) is 3.37. The van der Waals surface area contributed by atoms with Crippen molar-refractivity contribution in [3.8, 4) is 0 Å². The van der Waals surface area contributed by atoms with E-state index in [-0.39, 0.29) is 5.41 Å². The molecule has 2 N–H and O–H groups in total. The molecule has 3 atom stereocenters. The van der Waals surface area contributed by atoms with Crippen molar-refractivity contribution in [2.45, 2.75) is 52.4 Å². The molecule has 16 heavy (non-hydrogen) atoms. The monoisotopic (exact) mass is 223 g/mol. The molecule has 2 rings (SSSR count). The van der Waals surface area contributed by atoms with E-state index in [4.69, 9.17) is 5.73 Å². The van der Waals surface area contributed by atoms with Gasteiger partial charge in [-0.15, -0.1) is 0 Å². The SMILES string of the molecule is CC1CCC(C(=O)C2(CN)CCC2)CC1C. The molecule has 3 unspecified atom stereocenters. The fraction of sp³-hybridized carbons (Fsp3) is 0.929. The molecule has 2 aliphatic carbocycles. The van der Waals surface area contributed by atoms with Crippen molar-refractivity contribution in [1.29, 1.82) is 0 Å². The van der Waals surface area contributed by atoms with Gasteiger partial charge in [-0.1, -0.05) is 20.3 Å². The Morgan fingerprint density at radius 1 is 1.25 bits per heavy atom. The van der Waals surface area contributed by atoms with E-state index >= 15 is 0 Å². The van der Waals surface area contributed by atoms with Gasteiger partial charge in [0.2, 0.25) is 0 Å². The molecule has 0 bridgehead atoms. The van der Waals surface area contributed by atoms with Crippen molar-refractivity contribution in [3.63, 3.8) is 0 Å². The number of nitrogens with two attached hydrogens (primary N) is 1. The van der Waals surface area contributed by atoms with Crippen LogP contribution in [-0.4, -0.2) is 12.3 Å². The minimum absolute atomic E-state index is 0.106. The zero-order chi connectivity index (χ0) is 11.8. The van der Waals surface area contributed by atoms with Gasteiger partial charge in [0.25, 0.3) is 0 Å². The molecule has 0 spiro atoms. The lowest BCUT2D eigenvalue weighted by Gasteiger charge is -2.43. The first-order chi connectivity index (χ1) is 7.59. The fourth-order valence-corrected chi connectivity index (χ4v) is 3.37. The smallest absolute Gasteiger partial charge is 0.143 e. The normalized spacial score (nSPS) is 37.8. The number of ketones is 1. The van der Waals surface area contributed by atoms with E-state index in [9.17, 15) is 4.79 Å². The highest BCUT2D eigenvalue weighted by molar-refractivity contribution is 5.88. The Balaban J connectivity index is 2.00. The Kier molecular flexibility index (Phi) is 3.39. The van der Waals surface area contributed by atoms with Gasteiger partial charge in [0.1, 0.15) is 5.78 Å². The Bertz CT molecular complexity index is 264. The van der Waals surface area contributed by atoms with Gasteiger partial charge in [0.05, 0.1) is 0 Å². The lowest BCUT2D eigenvalue weighted by Crippen LogP contribution is -2.48. The van der Waals surface area contributed by atoms with Gasteiger partial charge in [-0.05, 0) is 43.9 Å². The number of carbonyl (C=O) groups excluding carboxylic acids is 1. The maximum absolute atomic E-state index is 12.5. The molecule has 0 aliphatic heterocycles. The number of hydrogen-bond acceptors (Lipinski definition) is 2. The maximum atomic E-state index is 12.5. The summed E-state index contributed by atoms with van der Waals surface area (Å²) in [7, 11) is 0. The van der Waals surface area contributed by atoms with Gasteiger partial charge >= 0.3 is 0 Å². The predicted molar refractivity (Wildman–Crippen MR) is 66.0 cm³/mol. The molecule has 2 nitrogen and oxygen atoms in total. The third-order valence-corrected chi connectivity index (χ3v) is 5.19. The van der Waals surface area contributed by atoms with Crippen LogP contribution < -0.4 is 5.73 Å². The average molecular weight is 223 g/mol. The number of rotatable bonds is 3. The van der Waals surface area contributed by atoms with Crippen molar-refractivity contribution >= 4 is 5.78 Å². The summed E-state index contributed by atoms with van der Waals surface area (Å²) >= 11 is 0. The van der Waals surface area contributed by atoms with E-state index in [1.165, 1.54) is 12.8 Å². The van der Waals surface area contributed by atoms with Gasteiger partial charge in [0, 0.05) is 17.9 Å². The molecule has 2 heteroatoms. The predicted octanol–water partition coefficient (Wildman–Crippen LogP) is 2.76. The quantitative estimate of drug-likeness (QED) is 0.799. The highest BCUT2D eigenvalue weighted by atomic mass is 16.1. The van der Waals surface area contributed by atoms with E-state index < -0.39 is 0 Å². The van der Waals surface area contributed by atoms with Crippen molar-refractivity contribution < 1.29 is 4.79 Å². The van der Waals surface area contributed by atoms with Crippen molar-refractivity contribution in [3.05, 3.63) is 0 Å². The number of hydrogen-bond donors (Lipinski definition) is 1. The second kappa shape index (κ2) is 4.48. The maximum Gasteiger partial charge on any atom is 0.143 e. The van der Waals surface area contributed by atoms with Crippen LogP contribution in [-0.2, 0) is 4.79 Å². The molecular weight excluding hydrogens is 198 g/mol. The molecule has 0 heterocycles. The van der Waals surface area contributed by atoms with E-state index in [0.717, 1.165) is 31.6 Å². The summed E-state index contributed by atoms with van der Waals surface area (Å²) in [6, 6.07) is 0. The Hall–Kier alpha value is -0.370. The van der Waals surface area contributed by atoms with Gasteiger partial charge < -0.3 is 5.73 Å². The molecule has 0 saturated heterocycles. The van der Waals surface area contributed by atoms with Crippen LogP contribution in [0.4, 0.5) is 0 Å². The minimum atomic E-state index is -0.106. The summed E-state index contributed by atoms with van der Waals surface area (Å²) in [5, 5.41) is 0. The van der Waals surface area contributed by atoms with E-state index in [1.54, 1.807) is 0 Å². The van der Waals surface area contributed by atoms with Crippen LogP contribution in [0.2, 0.25) is 0 Å². The number of carbonyl (C=O) groups is 1. The second-order valence-electron chi connectivity index (χ2n) is 6.17. The summed E-state index contributed by atoms with van der Waals surface area (Å²) in [6.45, 7) is 5.18. The highest BCUT2D eigenvalue weighted by Crippen LogP contribution is 2.46. The topological polar surface area (TPSA) is 43.1 Å². The van der Waals surface area contributed by atoms with Gasteiger partial charge in [-0.2, -0.15) is 0 Å². The Morgan fingerprint density at radius 2 is 1.94 bits per heavy atom. The summed E-state index contributed by atoms with van der Waals surface area (Å²) < 4.78 is 0. The van der Waals surface area contributed by atoms with Crippen LogP contribution in [0.5, 0.6) is 0 Å². The first kappa shape index (κ1) is 12.1. The van der Waals surface area contributed by atoms with Crippen molar-refractivity contribution in [2.75, 3.05) is 6.54 Å². The summed E-state index contributed by atoms with van der Waals surface area (Å²) in [5.74, 6) is 2.31. The largest absolute Gasteiger partial charge is 0.329 e. The zero-order valence-corrected chi connectivity index (χ0v) is 10.7. The van der Waals surface area contributed by atoms with Crippen LogP contribution in [0.15, 0.2) is 0 Å². The van der Waals surface area contributed by atoms with Crippen LogP contribution >= 0.6 is 0 Å². The van der Waals surface area contributed by atoms with Crippen LogP contribution in [0.25, 0.3) is 0 Å². The molecule has 92 valence electrons. The first-order valence-electron chi connectivity index (χ1n) is 6.83. The van der Waals surface area contributed by atoms with E-state index in [0.29, 0.717) is 24.2 Å². The molecule has 2 fully saturated rings. The third kappa shape index (κ3) is 1.92. The Morgan fingerprint density at radius 3 is 2.38 bits per heavy atom. The molecule has 2 saturated carbocycles. The molecule has 2 aliphatic rings. The van der Waals surface area contributed by atoms with Gasteiger partial charge in [-0.3, -0.25) is 4.79 Å². The lowest BCUT2D eigenvalue weighted by molar-refractivity contribution is -0.139. The van der Waals surface area contributed by atoms with Gasteiger partial charge in [-0.25, -0.2) is 0 Å². The van der Waals surface area contributed by atoms with Gasteiger partial charge in [0.15, 0.2) is 0 Å². The standard InChI is InChI=1S/C14H25NO/c1-10-4-5-12(8-11(10)2)13(16)14(9-15)6-3-7-14/h10-12H,3-9,15H2,1-2H3. The molecule has 0 radical (unpaired) electrons. The van der Waals surface area contributed by atoms with E-state index in [1.807, 2.05) is 0 Å². The first-order valence-corrected chi connectivity index (χ1v) is 6.83. The highest BCUT2D eigenvalue weighted by Gasteiger charge is 2.46. The zero-order valence-electron chi connectivity index (χ0n) is 10.7. The summed E-state index contributed by atoms with van der Waals surface area (Å²) in [4.78, 5) is 12.5. The molecule has 0 aromatic carbocycles. The summed E-state index contributed by atoms with van der Waals surface area (Å²) in [5.41, 5.74) is 5.71. The van der Waals surface area contributed by atoms with Crippen molar-refractivity contribution in [1.82, 2.24) is 0 Å². The summed E-state index contributed by atoms with van der Waals surface area (Å²) in [6.07, 6.45) is 6.71. The number of Topliss-reactive ketones (excluding diaryl/α,β-unsaturated/α-hetero) is 1. The van der Waals surface area contributed by atoms with Crippen molar-refractivity contribution in [2.24, 2.45) is 28.9 Å². The van der Waals surface area contributed by atoms with E-state index in [2.05, 4.69) is 13.8 Å². The van der Waals surface area contributed by atoms with Crippen LogP contribution in [0, 0.1) is 23.2 Å². The molecule has 0 aromatic heterocycles. The second-order valence-corrected chi connectivity index (χ2v) is 6.17. The minimum Gasteiger partial charge on any atom is -0.329 e. The lowest BCUT2D eigenvalue weighted by atomic mass is 9.60. The molecular formula is C14H25NO. The molecule has 0 amide bonds.